The van der Waals surface area contributed by atoms with Crippen molar-refractivity contribution in [3.05, 3.63) is 101 Å². The van der Waals surface area contributed by atoms with Crippen LogP contribution in [0.4, 0.5) is 0 Å². The zero-order valence-corrected chi connectivity index (χ0v) is 24.4. The van der Waals surface area contributed by atoms with Crippen LogP contribution >= 0.6 is 0 Å². The van der Waals surface area contributed by atoms with Gasteiger partial charge in [0.15, 0.2) is 0 Å². The zero-order valence-electron chi connectivity index (χ0n) is 23.5. The van der Waals surface area contributed by atoms with Crippen molar-refractivity contribution in [1.82, 2.24) is 14.5 Å². The number of rotatable bonds is 11. The minimum Gasteiger partial charge on any atom is -0.352 e. The van der Waals surface area contributed by atoms with Gasteiger partial charge in [-0.1, -0.05) is 85.1 Å². The fraction of sp³-hybridized carbons (Fsp3) is 0.375. The first-order valence-corrected chi connectivity index (χ1v) is 15.3. The maximum absolute atomic E-state index is 14.0. The summed E-state index contributed by atoms with van der Waals surface area (Å²) in [6, 6.07) is 23.2. The summed E-state index contributed by atoms with van der Waals surface area (Å²) in [6.45, 7) is 3.66. The minimum absolute atomic E-state index is 0.0887. The molecule has 1 atom stereocenters. The maximum Gasteiger partial charge on any atom is 0.243 e. The Labute approximate surface area is 238 Å². The number of nitrogens with one attached hydrogen (secondary N) is 1. The Morgan fingerprint density at radius 2 is 1.52 bits per heavy atom. The fourth-order valence-corrected chi connectivity index (χ4v) is 6.27. The lowest BCUT2D eigenvalue weighted by Crippen LogP contribution is -2.54. The topological polar surface area (TPSA) is 86.8 Å². The van der Waals surface area contributed by atoms with Crippen molar-refractivity contribution in [2.75, 3.05) is 13.6 Å². The predicted molar refractivity (Wildman–Crippen MR) is 157 cm³/mol. The van der Waals surface area contributed by atoms with Crippen LogP contribution in [-0.4, -0.2) is 55.1 Å². The van der Waals surface area contributed by atoms with Crippen molar-refractivity contribution >= 4 is 21.8 Å². The van der Waals surface area contributed by atoms with Crippen molar-refractivity contribution in [3.8, 4) is 0 Å². The van der Waals surface area contributed by atoms with Gasteiger partial charge in [0.25, 0.3) is 0 Å². The smallest absolute Gasteiger partial charge is 0.243 e. The highest BCUT2D eigenvalue weighted by Crippen LogP contribution is 2.22. The van der Waals surface area contributed by atoms with E-state index < -0.39 is 22.0 Å². The van der Waals surface area contributed by atoms with Crippen LogP contribution in [0.3, 0.4) is 0 Å². The molecule has 40 heavy (non-hydrogen) atoms. The van der Waals surface area contributed by atoms with Crippen molar-refractivity contribution in [3.63, 3.8) is 0 Å². The molecule has 0 heterocycles. The molecular weight excluding hydrogens is 522 g/mol. The summed E-state index contributed by atoms with van der Waals surface area (Å²) in [5.74, 6) is -0.634. The zero-order chi connectivity index (χ0) is 28.7. The predicted octanol–water partition coefficient (Wildman–Crippen LogP) is 4.62. The van der Waals surface area contributed by atoms with Crippen molar-refractivity contribution in [1.29, 1.82) is 0 Å². The van der Waals surface area contributed by atoms with Gasteiger partial charge in [0, 0.05) is 26.1 Å². The van der Waals surface area contributed by atoms with E-state index in [4.69, 9.17) is 0 Å². The Morgan fingerprint density at radius 3 is 2.17 bits per heavy atom. The van der Waals surface area contributed by atoms with Crippen LogP contribution in [0.25, 0.3) is 0 Å². The van der Waals surface area contributed by atoms with Crippen LogP contribution in [-0.2, 0) is 32.6 Å². The Morgan fingerprint density at radius 1 is 0.900 bits per heavy atom. The van der Waals surface area contributed by atoms with Gasteiger partial charge in [0.2, 0.25) is 21.8 Å². The van der Waals surface area contributed by atoms with Gasteiger partial charge in [-0.3, -0.25) is 9.59 Å². The van der Waals surface area contributed by atoms with E-state index >= 15 is 0 Å². The Kier molecular flexibility index (Phi) is 9.76. The number of likely N-dealkylation sites (N-methyl/N-ethyl adjacent to an activating group) is 1. The SMILES string of the molecule is Cc1ccc(S(=O)(=O)N(C)CC(=O)N(Cc2ccccc2C)[C@H](Cc2ccccc2)C(=O)NC2CCCC2)cc1. The second-order valence-corrected chi connectivity index (χ2v) is 12.8. The van der Waals surface area contributed by atoms with Gasteiger partial charge in [-0.05, 0) is 55.5 Å². The number of hydrogen-bond acceptors (Lipinski definition) is 4. The molecule has 0 spiro atoms. The molecule has 212 valence electrons. The van der Waals surface area contributed by atoms with E-state index in [0.29, 0.717) is 6.42 Å². The summed E-state index contributed by atoms with van der Waals surface area (Å²) in [5.41, 5.74) is 3.78. The molecule has 1 N–H and O–H groups in total. The molecule has 3 aromatic rings. The lowest BCUT2D eigenvalue weighted by atomic mass is 10.0. The summed E-state index contributed by atoms with van der Waals surface area (Å²) >= 11 is 0. The number of hydrogen-bond donors (Lipinski definition) is 1. The van der Waals surface area contributed by atoms with Crippen LogP contribution in [0.15, 0.2) is 83.8 Å². The van der Waals surface area contributed by atoms with Crippen LogP contribution in [0.2, 0.25) is 0 Å². The van der Waals surface area contributed by atoms with Crippen molar-refractivity contribution < 1.29 is 18.0 Å². The number of amides is 2. The third-order valence-electron chi connectivity index (χ3n) is 7.66. The standard InChI is InChI=1S/C32H39N3O4S/c1-24-17-19-29(20-18-24)40(38,39)34(3)23-31(36)35(22-27-14-8-7-11-25(27)2)30(21-26-12-5-4-6-13-26)32(37)33-28-15-9-10-16-28/h4-8,11-14,17-20,28,30H,9-10,15-16,21-23H2,1-3H3,(H,33,37)/t30-/m1/s1. The number of nitrogens with zero attached hydrogens (tertiary/aromatic N) is 2. The highest BCUT2D eigenvalue weighted by molar-refractivity contribution is 7.89. The normalized spacial score (nSPS) is 14.7. The molecule has 0 radical (unpaired) electrons. The summed E-state index contributed by atoms with van der Waals surface area (Å²) in [7, 11) is -2.50. The molecule has 3 aromatic carbocycles. The summed E-state index contributed by atoms with van der Waals surface area (Å²) in [4.78, 5) is 29.5. The number of carbonyl (C=O) groups is 2. The molecule has 1 aliphatic rings. The van der Waals surface area contributed by atoms with Gasteiger partial charge in [-0.15, -0.1) is 0 Å². The van der Waals surface area contributed by atoms with E-state index in [1.807, 2.05) is 68.4 Å². The average molecular weight is 562 g/mol. The lowest BCUT2D eigenvalue weighted by molar-refractivity contribution is -0.141. The largest absolute Gasteiger partial charge is 0.352 e. The van der Waals surface area contributed by atoms with Gasteiger partial charge >= 0.3 is 0 Å². The minimum atomic E-state index is -3.90. The third kappa shape index (κ3) is 7.37. The molecule has 0 saturated heterocycles. The van der Waals surface area contributed by atoms with E-state index in [1.54, 1.807) is 29.2 Å². The van der Waals surface area contributed by atoms with E-state index in [9.17, 15) is 18.0 Å². The molecule has 1 saturated carbocycles. The lowest BCUT2D eigenvalue weighted by Gasteiger charge is -2.33. The van der Waals surface area contributed by atoms with Gasteiger partial charge < -0.3 is 10.2 Å². The molecule has 2 amide bonds. The quantitative estimate of drug-likeness (QED) is 0.370. The maximum atomic E-state index is 14.0. The second-order valence-electron chi connectivity index (χ2n) is 10.7. The summed E-state index contributed by atoms with van der Waals surface area (Å²) in [6.07, 6.45) is 4.31. The number of sulfonamides is 1. The molecule has 8 heteroatoms. The molecule has 0 bridgehead atoms. The van der Waals surface area contributed by atoms with Gasteiger partial charge in [0.05, 0.1) is 11.4 Å². The first kappa shape index (κ1) is 29.5. The first-order chi connectivity index (χ1) is 19.1. The molecule has 0 aliphatic heterocycles. The molecule has 4 rings (SSSR count). The van der Waals surface area contributed by atoms with Crippen molar-refractivity contribution in [2.24, 2.45) is 0 Å². The third-order valence-corrected chi connectivity index (χ3v) is 9.48. The monoisotopic (exact) mass is 561 g/mol. The second kappa shape index (κ2) is 13.2. The highest BCUT2D eigenvalue weighted by Gasteiger charge is 2.34. The van der Waals surface area contributed by atoms with Crippen LogP contribution in [0.1, 0.15) is 47.9 Å². The average Bonchev–Trinajstić information content (AvgIpc) is 3.45. The highest BCUT2D eigenvalue weighted by atomic mass is 32.2. The molecule has 0 unspecified atom stereocenters. The molecule has 1 fully saturated rings. The van der Waals surface area contributed by atoms with E-state index in [0.717, 1.165) is 52.2 Å². The van der Waals surface area contributed by atoms with Gasteiger partial charge in [-0.2, -0.15) is 4.31 Å². The molecular formula is C32H39N3O4S. The van der Waals surface area contributed by atoms with Crippen LogP contribution in [0, 0.1) is 13.8 Å². The van der Waals surface area contributed by atoms with E-state index in [2.05, 4.69) is 5.32 Å². The number of carbonyl (C=O) groups excluding carboxylic acids is 2. The van der Waals surface area contributed by atoms with Gasteiger partial charge in [-0.25, -0.2) is 8.42 Å². The molecule has 7 nitrogen and oxygen atoms in total. The van der Waals surface area contributed by atoms with Gasteiger partial charge in [0.1, 0.15) is 6.04 Å². The first-order valence-electron chi connectivity index (χ1n) is 13.9. The summed E-state index contributed by atoms with van der Waals surface area (Å²) < 4.78 is 27.7. The Bertz CT molecular complexity index is 1400. The van der Waals surface area contributed by atoms with Crippen LogP contribution < -0.4 is 5.32 Å². The Balaban J connectivity index is 1.66. The molecule has 1 aliphatic carbocycles. The number of aryl methyl sites for hydroxylation is 2. The molecule has 0 aromatic heterocycles. The fourth-order valence-electron chi connectivity index (χ4n) is 5.15. The van der Waals surface area contributed by atoms with Crippen LogP contribution in [0.5, 0.6) is 0 Å². The summed E-state index contributed by atoms with van der Waals surface area (Å²) in [5, 5.41) is 3.18. The van der Waals surface area contributed by atoms with Crippen molar-refractivity contribution in [2.45, 2.75) is 69.5 Å². The number of benzene rings is 3. The van der Waals surface area contributed by atoms with E-state index in [-0.39, 0.29) is 29.9 Å². The Hall–Kier alpha value is -3.49. The van der Waals surface area contributed by atoms with E-state index in [1.165, 1.54) is 7.05 Å².